The molecule has 0 spiro atoms. The standard InChI is InChI=1S/C15H22N2O2/c1-10-7-12(5-6-14(10)18)15(19)17-8-11(2)13(9-17)16(3)4/h5-7,11,13,18H,8-9H2,1-4H3. The summed E-state index contributed by atoms with van der Waals surface area (Å²) in [5, 5.41) is 9.52. The second kappa shape index (κ2) is 5.21. The van der Waals surface area contributed by atoms with Crippen LogP contribution in [-0.2, 0) is 0 Å². The molecule has 0 aliphatic carbocycles. The average molecular weight is 262 g/mol. The summed E-state index contributed by atoms with van der Waals surface area (Å²) in [6.07, 6.45) is 0. The molecule has 1 aromatic rings. The fourth-order valence-corrected chi connectivity index (χ4v) is 2.76. The first kappa shape index (κ1) is 13.9. The number of nitrogens with zero attached hydrogens (tertiary/aromatic N) is 2. The monoisotopic (exact) mass is 262 g/mol. The lowest BCUT2D eigenvalue weighted by Gasteiger charge is -2.22. The molecule has 104 valence electrons. The molecule has 1 saturated heterocycles. The van der Waals surface area contributed by atoms with Gasteiger partial charge in [-0.05, 0) is 50.7 Å². The van der Waals surface area contributed by atoms with E-state index in [0.717, 1.165) is 18.7 Å². The molecule has 1 N–H and O–H groups in total. The number of likely N-dealkylation sites (tertiary alicyclic amines) is 1. The van der Waals surface area contributed by atoms with E-state index >= 15 is 0 Å². The van der Waals surface area contributed by atoms with Crippen LogP contribution in [0.15, 0.2) is 18.2 Å². The first-order valence-corrected chi connectivity index (χ1v) is 6.65. The van der Waals surface area contributed by atoms with Crippen molar-refractivity contribution in [2.75, 3.05) is 27.2 Å². The fraction of sp³-hybridized carbons (Fsp3) is 0.533. The third-order valence-corrected chi connectivity index (χ3v) is 3.97. The number of phenols is 1. The average Bonchev–Trinajstić information content (AvgIpc) is 2.74. The first-order chi connectivity index (χ1) is 8.90. The Bertz CT molecular complexity index is 485. The molecule has 0 radical (unpaired) electrons. The SMILES string of the molecule is Cc1cc(C(=O)N2CC(C)C(N(C)C)C2)ccc1O. The van der Waals surface area contributed by atoms with Crippen molar-refractivity contribution in [1.29, 1.82) is 0 Å². The molecule has 19 heavy (non-hydrogen) atoms. The second-order valence-corrected chi connectivity index (χ2v) is 5.72. The van der Waals surface area contributed by atoms with Crippen LogP contribution in [0.3, 0.4) is 0 Å². The minimum Gasteiger partial charge on any atom is -0.508 e. The zero-order valence-electron chi connectivity index (χ0n) is 12.1. The van der Waals surface area contributed by atoms with E-state index in [9.17, 15) is 9.90 Å². The molecular weight excluding hydrogens is 240 g/mol. The van der Waals surface area contributed by atoms with Crippen molar-refractivity contribution in [3.8, 4) is 5.75 Å². The number of hydrogen-bond donors (Lipinski definition) is 1. The lowest BCUT2D eigenvalue weighted by atomic mass is 10.1. The number of benzene rings is 1. The number of aryl methyl sites for hydroxylation is 1. The van der Waals surface area contributed by atoms with Gasteiger partial charge in [-0.1, -0.05) is 6.92 Å². The molecule has 0 saturated carbocycles. The molecule has 1 fully saturated rings. The van der Waals surface area contributed by atoms with Crippen LogP contribution in [0.1, 0.15) is 22.8 Å². The lowest BCUT2D eigenvalue weighted by Crippen LogP contribution is -2.35. The Morgan fingerprint density at radius 1 is 1.37 bits per heavy atom. The highest BCUT2D eigenvalue weighted by Crippen LogP contribution is 2.23. The van der Waals surface area contributed by atoms with Crippen LogP contribution in [0.5, 0.6) is 5.75 Å². The van der Waals surface area contributed by atoms with Crippen LogP contribution in [0.2, 0.25) is 0 Å². The van der Waals surface area contributed by atoms with Gasteiger partial charge in [-0.2, -0.15) is 0 Å². The number of carbonyl (C=O) groups is 1. The molecule has 2 atom stereocenters. The third kappa shape index (κ3) is 2.73. The van der Waals surface area contributed by atoms with Crippen molar-refractivity contribution in [1.82, 2.24) is 9.80 Å². The van der Waals surface area contributed by atoms with Crippen molar-refractivity contribution in [3.05, 3.63) is 29.3 Å². The predicted octanol–water partition coefficient (Wildman–Crippen LogP) is 1.72. The Morgan fingerprint density at radius 3 is 2.58 bits per heavy atom. The molecule has 2 rings (SSSR count). The maximum absolute atomic E-state index is 12.4. The van der Waals surface area contributed by atoms with E-state index in [1.807, 2.05) is 4.90 Å². The summed E-state index contributed by atoms with van der Waals surface area (Å²) in [6, 6.07) is 5.46. The molecule has 2 unspecified atom stereocenters. The predicted molar refractivity (Wildman–Crippen MR) is 75.4 cm³/mol. The van der Waals surface area contributed by atoms with Crippen LogP contribution in [0.25, 0.3) is 0 Å². The van der Waals surface area contributed by atoms with Crippen molar-refractivity contribution in [3.63, 3.8) is 0 Å². The maximum Gasteiger partial charge on any atom is 0.253 e. The van der Waals surface area contributed by atoms with E-state index in [-0.39, 0.29) is 11.7 Å². The van der Waals surface area contributed by atoms with Crippen LogP contribution in [0, 0.1) is 12.8 Å². The van der Waals surface area contributed by atoms with Crippen LogP contribution in [0.4, 0.5) is 0 Å². The van der Waals surface area contributed by atoms with Crippen LogP contribution in [-0.4, -0.2) is 54.0 Å². The third-order valence-electron chi connectivity index (χ3n) is 3.97. The first-order valence-electron chi connectivity index (χ1n) is 6.65. The zero-order chi connectivity index (χ0) is 14.2. The van der Waals surface area contributed by atoms with Gasteiger partial charge in [0.15, 0.2) is 0 Å². The Morgan fingerprint density at radius 2 is 2.05 bits per heavy atom. The van der Waals surface area contributed by atoms with Crippen molar-refractivity contribution >= 4 is 5.91 Å². The number of rotatable bonds is 2. The molecule has 1 aromatic carbocycles. The van der Waals surface area contributed by atoms with Crippen molar-refractivity contribution in [2.24, 2.45) is 5.92 Å². The summed E-state index contributed by atoms with van der Waals surface area (Å²) < 4.78 is 0. The fourth-order valence-electron chi connectivity index (χ4n) is 2.76. The van der Waals surface area contributed by atoms with E-state index < -0.39 is 0 Å². The summed E-state index contributed by atoms with van der Waals surface area (Å²) in [5.74, 6) is 0.772. The maximum atomic E-state index is 12.4. The van der Waals surface area contributed by atoms with E-state index in [4.69, 9.17) is 0 Å². The minimum atomic E-state index is 0.0549. The molecule has 0 bridgehead atoms. The quantitative estimate of drug-likeness (QED) is 0.882. The summed E-state index contributed by atoms with van der Waals surface area (Å²) >= 11 is 0. The molecule has 1 aliphatic heterocycles. The van der Waals surface area contributed by atoms with Gasteiger partial charge in [-0.15, -0.1) is 0 Å². The largest absolute Gasteiger partial charge is 0.508 e. The van der Waals surface area contributed by atoms with Crippen molar-refractivity contribution < 1.29 is 9.90 Å². The molecule has 1 aliphatic rings. The smallest absolute Gasteiger partial charge is 0.253 e. The highest BCUT2D eigenvalue weighted by molar-refractivity contribution is 5.94. The highest BCUT2D eigenvalue weighted by Gasteiger charge is 2.33. The molecule has 4 nitrogen and oxygen atoms in total. The van der Waals surface area contributed by atoms with Gasteiger partial charge in [0.2, 0.25) is 0 Å². The summed E-state index contributed by atoms with van der Waals surface area (Å²) in [4.78, 5) is 16.5. The summed E-state index contributed by atoms with van der Waals surface area (Å²) in [5.41, 5.74) is 1.39. The van der Waals surface area contributed by atoms with Gasteiger partial charge in [0, 0.05) is 24.7 Å². The Hall–Kier alpha value is -1.55. The number of carbonyl (C=O) groups excluding carboxylic acids is 1. The van der Waals surface area contributed by atoms with Gasteiger partial charge in [0.25, 0.3) is 5.91 Å². The highest BCUT2D eigenvalue weighted by atomic mass is 16.3. The zero-order valence-corrected chi connectivity index (χ0v) is 12.1. The van der Waals surface area contributed by atoms with Gasteiger partial charge >= 0.3 is 0 Å². The molecule has 1 heterocycles. The summed E-state index contributed by atoms with van der Waals surface area (Å²) in [7, 11) is 4.11. The van der Waals surface area contributed by atoms with Gasteiger partial charge in [0.1, 0.15) is 5.75 Å². The number of likely N-dealkylation sites (N-methyl/N-ethyl adjacent to an activating group) is 1. The Balaban J connectivity index is 2.15. The van der Waals surface area contributed by atoms with Gasteiger partial charge in [-0.25, -0.2) is 0 Å². The van der Waals surface area contributed by atoms with E-state index in [1.165, 1.54) is 0 Å². The number of aromatic hydroxyl groups is 1. The number of phenolic OH excluding ortho intramolecular Hbond substituents is 1. The van der Waals surface area contributed by atoms with Gasteiger partial charge in [0.05, 0.1) is 0 Å². The van der Waals surface area contributed by atoms with E-state index in [2.05, 4.69) is 25.9 Å². The van der Waals surface area contributed by atoms with E-state index in [1.54, 1.807) is 25.1 Å². The number of amides is 1. The molecule has 1 amide bonds. The lowest BCUT2D eigenvalue weighted by molar-refractivity contribution is 0.0781. The van der Waals surface area contributed by atoms with E-state index in [0.29, 0.717) is 17.5 Å². The Kier molecular flexibility index (Phi) is 3.80. The molecular formula is C15H22N2O2. The minimum absolute atomic E-state index is 0.0549. The molecule has 0 aromatic heterocycles. The molecule has 4 heteroatoms. The topological polar surface area (TPSA) is 43.8 Å². The van der Waals surface area contributed by atoms with Crippen molar-refractivity contribution in [2.45, 2.75) is 19.9 Å². The number of hydrogen-bond acceptors (Lipinski definition) is 3. The van der Waals surface area contributed by atoms with Gasteiger partial charge in [-0.3, -0.25) is 4.79 Å². The second-order valence-electron chi connectivity index (χ2n) is 5.72. The van der Waals surface area contributed by atoms with Gasteiger partial charge < -0.3 is 14.9 Å². The normalized spacial score (nSPS) is 23.1. The Labute approximate surface area is 114 Å². The summed E-state index contributed by atoms with van der Waals surface area (Å²) in [6.45, 7) is 5.55. The van der Waals surface area contributed by atoms with Crippen LogP contribution >= 0.6 is 0 Å². The van der Waals surface area contributed by atoms with Crippen LogP contribution < -0.4 is 0 Å².